The van der Waals surface area contributed by atoms with E-state index in [9.17, 15) is 4.39 Å². The average molecular weight is 451 g/mol. The number of rotatable bonds is 8. The predicted octanol–water partition coefficient (Wildman–Crippen LogP) is 7.49. The Morgan fingerprint density at radius 1 is 0.688 bits per heavy atom. The highest BCUT2D eigenvalue weighted by Gasteiger charge is 2.10. The lowest BCUT2D eigenvalue weighted by molar-refractivity contribution is 0.185. The minimum Gasteiger partial charge on any atom is -0.380 e. The Labute approximate surface area is 192 Å². The Balaban J connectivity index is 1.43. The van der Waals surface area contributed by atoms with Crippen molar-refractivity contribution in [3.8, 4) is 0 Å². The van der Waals surface area contributed by atoms with E-state index in [-0.39, 0.29) is 10.8 Å². The molecule has 0 bridgehead atoms. The van der Waals surface area contributed by atoms with Crippen LogP contribution in [0, 0.1) is 11.6 Å². The second-order valence-corrected chi connectivity index (χ2v) is 8.50. The van der Waals surface area contributed by atoms with Gasteiger partial charge in [0.15, 0.2) is 0 Å². The molecule has 0 saturated carbocycles. The molecule has 0 aliphatic rings. The summed E-state index contributed by atoms with van der Waals surface area (Å²) in [4.78, 5) is 0. The molecule has 0 aliphatic carbocycles. The van der Waals surface area contributed by atoms with Gasteiger partial charge >= 0.3 is 0 Å². The summed E-state index contributed by atoms with van der Waals surface area (Å²) in [6.07, 6.45) is 2.88. The Morgan fingerprint density at radius 2 is 1.31 bits per heavy atom. The highest BCUT2D eigenvalue weighted by atomic mass is 35.5. The molecule has 0 spiro atoms. The highest BCUT2D eigenvalue weighted by molar-refractivity contribution is 6.30. The molecule has 1 nitrogen and oxygen atoms in total. The maximum atomic E-state index is 15.1. The molecule has 0 aromatic heterocycles. The zero-order valence-electron chi connectivity index (χ0n) is 18.0. The van der Waals surface area contributed by atoms with Crippen LogP contribution in [0.25, 0.3) is 10.8 Å². The monoisotopic (exact) mass is 450 g/mol. The van der Waals surface area contributed by atoms with E-state index in [4.69, 9.17) is 16.3 Å². The number of hydrogen-bond acceptors (Lipinski definition) is 1. The first kappa shape index (κ1) is 22.4. The lowest BCUT2D eigenvalue weighted by Gasteiger charge is -2.10. The first-order valence-electron chi connectivity index (χ1n) is 10.7. The minimum atomic E-state index is -0.443. The quantitative estimate of drug-likeness (QED) is 0.270. The molecule has 0 fully saturated rings. The van der Waals surface area contributed by atoms with E-state index in [0.717, 1.165) is 29.4 Å². The van der Waals surface area contributed by atoms with Gasteiger partial charge in [-0.15, -0.1) is 0 Å². The van der Waals surface area contributed by atoms with E-state index in [1.54, 1.807) is 19.2 Å². The molecule has 4 aromatic carbocycles. The first-order chi connectivity index (χ1) is 15.5. The van der Waals surface area contributed by atoms with Crippen LogP contribution in [0.4, 0.5) is 8.78 Å². The first-order valence-corrected chi connectivity index (χ1v) is 11.1. The molecule has 0 aliphatic heterocycles. The minimum absolute atomic E-state index is 0.101. The van der Waals surface area contributed by atoms with Crippen LogP contribution in [-0.2, 0) is 37.0 Å². The molecule has 0 radical (unpaired) electrons. The molecule has 0 atom stereocenters. The highest BCUT2D eigenvalue weighted by Crippen LogP contribution is 2.25. The van der Waals surface area contributed by atoms with Crippen LogP contribution in [0.1, 0.15) is 27.8 Å². The van der Waals surface area contributed by atoms with E-state index >= 15 is 4.39 Å². The molecule has 0 amide bonds. The van der Waals surface area contributed by atoms with Crippen molar-refractivity contribution in [1.29, 1.82) is 0 Å². The zero-order chi connectivity index (χ0) is 22.5. The molecule has 32 heavy (non-hydrogen) atoms. The second kappa shape index (κ2) is 10.2. The number of methoxy groups -OCH3 is 1. The number of halogens is 3. The van der Waals surface area contributed by atoms with Gasteiger partial charge in [-0.3, -0.25) is 0 Å². The molecule has 0 saturated heterocycles. The maximum Gasteiger partial charge on any atom is 0.142 e. The Kier molecular flexibility index (Phi) is 7.19. The average Bonchev–Trinajstić information content (AvgIpc) is 2.80. The second-order valence-electron chi connectivity index (χ2n) is 8.09. The van der Waals surface area contributed by atoms with Gasteiger partial charge in [-0.1, -0.05) is 72.3 Å². The molecule has 4 rings (SSSR count). The van der Waals surface area contributed by atoms with E-state index in [1.807, 2.05) is 24.3 Å². The summed E-state index contributed by atoms with van der Waals surface area (Å²) < 4.78 is 33.9. The third-order valence-electron chi connectivity index (χ3n) is 5.80. The van der Waals surface area contributed by atoms with Crippen LogP contribution in [0.3, 0.4) is 0 Å². The Morgan fingerprint density at radius 3 is 2.06 bits per heavy atom. The lowest BCUT2D eigenvalue weighted by atomic mass is 9.97. The summed E-state index contributed by atoms with van der Waals surface area (Å²) in [6, 6.07) is 22.9. The van der Waals surface area contributed by atoms with E-state index < -0.39 is 5.82 Å². The number of ether oxygens (including phenoxy) is 1. The predicted molar refractivity (Wildman–Crippen MR) is 127 cm³/mol. The standard InChI is InChI=1S/C28H25ClF2O/c1-32-18-22-6-3-19(4-7-22)2-5-20-9-14-25-24(16-20)13-12-23(28(25)31)11-8-21-10-15-26(29)27(30)17-21/h3-4,6-7,9-10,12-17H,2,5,8,11,18H2,1H3. The van der Waals surface area contributed by atoms with Crippen molar-refractivity contribution in [3.05, 3.63) is 117 Å². The van der Waals surface area contributed by atoms with E-state index in [2.05, 4.69) is 30.3 Å². The number of aryl methyl sites for hydroxylation is 4. The van der Waals surface area contributed by atoms with Gasteiger partial charge in [0.2, 0.25) is 0 Å². The van der Waals surface area contributed by atoms with Crippen LogP contribution in [0.15, 0.2) is 72.8 Å². The van der Waals surface area contributed by atoms with Crippen LogP contribution in [-0.4, -0.2) is 7.11 Å². The van der Waals surface area contributed by atoms with Gasteiger partial charge in [-0.05, 0) is 71.0 Å². The molecular formula is C28H25ClF2O. The Hall–Kier alpha value is -2.75. The third kappa shape index (κ3) is 5.35. The van der Waals surface area contributed by atoms with Crippen molar-refractivity contribution in [2.24, 2.45) is 0 Å². The smallest absolute Gasteiger partial charge is 0.142 e. The van der Waals surface area contributed by atoms with Gasteiger partial charge in [0.25, 0.3) is 0 Å². The van der Waals surface area contributed by atoms with Gasteiger partial charge in [-0.2, -0.15) is 0 Å². The van der Waals surface area contributed by atoms with Gasteiger partial charge in [0, 0.05) is 12.5 Å². The van der Waals surface area contributed by atoms with Crippen molar-refractivity contribution in [2.45, 2.75) is 32.3 Å². The van der Waals surface area contributed by atoms with Gasteiger partial charge in [-0.25, -0.2) is 8.78 Å². The fraction of sp³-hybridized carbons (Fsp3) is 0.214. The van der Waals surface area contributed by atoms with Crippen LogP contribution in [0.5, 0.6) is 0 Å². The third-order valence-corrected chi connectivity index (χ3v) is 6.11. The van der Waals surface area contributed by atoms with Gasteiger partial charge < -0.3 is 4.74 Å². The summed E-state index contributed by atoms with van der Waals surface area (Å²) in [5.74, 6) is -0.640. The van der Waals surface area contributed by atoms with Crippen molar-refractivity contribution >= 4 is 22.4 Å². The fourth-order valence-corrected chi connectivity index (χ4v) is 4.08. The van der Waals surface area contributed by atoms with E-state index in [0.29, 0.717) is 30.4 Å². The van der Waals surface area contributed by atoms with Gasteiger partial charge in [0.05, 0.1) is 11.6 Å². The zero-order valence-corrected chi connectivity index (χ0v) is 18.8. The molecule has 4 aromatic rings. The van der Waals surface area contributed by atoms with Crippen LogP contribution < -0.4 is 0 Å². The maximum absolute atomic E-state index is 15.1. The summed E-state index contributed by atoms with van der Waals surface area (Å²) in [6.45, 7) is 0.620. The summed E-state index contributed by atoms with van der Waals surface area (Å²) in [5.41, 5.74) is 5.05. The normalized spacial score (nSPS) is 11.2. The number of benzene rings is 4. The fourth-order valence-electron chi connectivity index (χ4n) is 3.97. The molecule has 0 heterocycles. The van der Waals surface area contributed by atoms with Crippen molar-refractivity contribution in [2.75, 3.05) is 7.11 Å². The summed E-state index contributed by atoms with van der Waals surface area (Å²) >= 11 is 5.74. The molecule has 4 heteroatoms. The van der Waals surface area contributed by atoms with Crippen molar-refractivity contribution in [1.82, 2.24) is 0 Å². The van der Waals surface area contributed by atoms with E-state index in [1.165, 1.54) is 17.2 Å². The van der Waals surface area contributed by atoms with Gasteiger partial charge in [0.1, 0.15) is 11.6 Å². The number of hydrogen-bond donors (Lipinski definition) is 0. The molecule has 0 unspecified atom stereocenters. The summed E-state index contributed by atoms with van der Waals surface area (Å²) in [5, 5.41) is 1.62. The topological polar surface area (TPSA) is 9.23 Å². The molecule has 164 valence electrons. The lowest BCUT2D eigenvalue weighted by Crippen LogP contribution is -1.97. The Bertz CT molecular complexity index is 1220. The SMILES string of the molecule is COCc1ccc(CCc2ccc3c(F)c(CCc4ccc(Cl)c(F)c4)ccc3c2)cc1. The van der Waals surface area contributed by atoms with Crippen LogP contribution >= 0.6 is 11.6 Å². The van der Waals surface area contributed by atoms with Crippen LogP contribution in [0.2, 0.25) is 5.02 Å². The number of fused-ring (bicyclic) bond motifs is 1. The molecule has 0 N–H and O–H groups in total. The summed E-state index contributed by atoms with van der Waals surface area (Å²) in [7, 11) is 1.69. The molecular weight excluding hydrogens is 426 g/mol. The van der Waals surface area contributed by atoms with Crippen molar-refractivity contribution < 1.29 is 13.5 Å². The van der Waals surface area contributed by atoms with Crippen molar-refractivity contribution in [3.63, 3.8) is 0 Å². The largest absolute Gasteiger partial charge is 0.380 e.